The van der Waals surface area contributed by atoms with Crippen LogP contribution in [0.1, 0.15) is 25.8 Å². The van der Waals surface area contributed by atoms with Crippen molar-refractivity contribution in [2.45, 2.75) is 32.9 Å². The number of carbonyl (C=O) groups excluding carboxylic acids is 1. The lowest BCUT2D eigenvalue weighted by Gasteiger charge is -2.14. The molecule has 0 aliphatic rings. The van der Waals surface area contributed by atoms with Gasteiger partial charge in [0.1, 0.15) is 12.7 Å². The zero-order chi connectivity index (χ0) is 15.2. The molecule has 0 aliphatic carbocycles. The Morgan fingerprint density at radius 2 is 2.24 bits per heavy atom. The fourth-order valence-electron chi connectivity index (χ4n) is 2.09. The van der Waals surface area contributed by atoms with Gasteiger partial charge in [-0.3, -0.25) is 4.79 Å². The molecule has 0 spiro atoms. The number of nitrogens with zero attached hydrogens (tertiary/aromatic N) is 3. The molecular weight excluding hydrogens is 266 g/mol. The van der Waals surface area contributed by atoms with Crippen LogP contribution in [0, 0.1) is 5.92 Å². The standard InChI is InChI=1S/C15H21N5O/c1-11(2)6-14(16)15(21)18-8-12-4-3-5-13(7-12)20-10-17-9-19-20/h3-5,7,9-11,14H,6,8,16H2,1-2H3,(H,18,21)/t14-/m0/s1. The molecule has 21 heavy (non-hydrogen) atoms. The van der Waals surface area contributed by atoms with E-state index in [0.717, 1.165) is 11.3 Å². The highest BCUT2D eigenvalue weighted by atomic mass is 16.2. The SMILES string of the molecule is CC(C)C[C@H](N)C(=O)NCc1cccc(-n2cncn2)c1. The molecule has 1 amide bonds. The second-order valence-corrected chi connectivity index (χ2v) is 5.46. The number of benzene rings is 1. The third kappa shape index (κ3) is 4.39. The zero-order valence-corrected chi connectivity index (χ0v) is 12.4. The van der Waals surface area contributed by atoms with Crippen LogP contribution in [0.3, 0.4) is 0 Å². The number of hydrogen-bond donors (Lipinski definition) is 2. The van der Waals surface area contributed by atoms with Crippen molar-refractivity contribution in [2.75, 3.05) is 0 Å². The fourth-order valence-corrected chi connectivity index (χ4v) is 2.09. The van der Waals surface area contributed by atoms with Gasteiger partial charge in [0.05, 0.1) is 11.7 Å². The Kier molecular flexibility index (Phi) is 5.05. The van der Waals surface area contributed by atoms with Crippen LogP contribution in [-0.2, 0) is 11.3 Å². The number of nitrogens with one attached hydrogen (secondary N) is 1. The van der Waals surface area contributed by atoms with E-state index in [4.69, 9.17) is 5.73 Å². The number of amides is 1. The largest absolute Gasteiger partial charge is 0.351 e. The normalized spacial score (nSPS) is 12.4. The molecule has 3 N–H and O–H groups in total. The van der Waals surface area contributed by atoms with E-state index in [1.807, 2.05) is 24.3 Å². The van der Waals surface area contributed by atoms with Crippen LogP contribution < -0.4 is 11.1 Å². The van der Waals surface area contributed by atoms with E-state index >= 15 is 0 Å². The van der Waals surface area contributed by atoms with Crippen molar-refractivity contribution in [3.8, 4) is 5.69 Å². The zero-order valence-electron chi connectivity index (χ0n) is 12.4. The maximum absolute atomic E-state index is 11.9. The molecule has 1 aromatic carbocycles. The number of aromatic nitrogens is 3. The summed E-state index contributed by atoms with van der Waals surface area (Å²) in [5.74, 6) is 0.288. The van der Waals surface area contributed by atoms with Crippen LogP contribution >= 0.6 is 0 Å². The second-order valence-electron chi connectivity index (χ2n) is 5.46. The van der Waals surface area contributed by atoms with Crippen molar-refractivity contribution >= 4 is 5.91 Å². The Bertz CT molecular complexity index is 580. The van der Waals surface area contributed by atoms with Crippen molar-refractivity contribution in [2.24, 2.45) is 11.7 Å². The minimum absolute atomic E-state index is 0.116. The molecule has 2 aromatic rings. The molecule has 1 heterocycles. The number of carbonyl (C=O) groups is 1. The molecular formula is C15H21N5O. The molecule has 1 aromatic heterocycles. The van der Waals surface area contributed by atoms with Crippen molar-refractivity contribution < 1.29 is 4.79 Å². The maximum Gasteiger partial charge on any atom is 0.237 e. The van der Waals surface area contributed by atoms with Crippen molar-refractivity contribution in [3.05, 3.63) is 42.5 Å². The van der Waals surface area contributed by atoms with Crippen LogP contribution in [0.2, 0.25) is 0 Å². The van der Waals surface area contributed by atoms with Crippen LogP contribution in [0.5, 0.6) is 0 Å². The van der Waals surface area contributed by atoms with Gasteiger partial charge >= 0.3 is 0 Å². The van der Waals surface area contributed by atoms with Crippen LogP contribution in [0.25, 0.3) is 5.69 Å². The highest BCUT2D eigenvalue weighted by Gasteiger charge is 2.14. The Morgan fingerprint density at radius 3 is 2.90 bits per heavy atom. The van der Waals surface area contributed by atoms with Gasteiger partial charge in [0, 0.05) is 6.54 Å². The van der Waals surface area contributed by atoms with Gasteiger partial charge in [-0.15, -0.1) is 0 Å². The fraction of sp³-hybridized carbons (Fsp3) is 0.400. The number of nitrogens with two attached hydrogens (primary N) is 1. The minimum Gasteiger partial charge on any atom is -0.351 e. The van der Waals surface area contributed by atoms with Crippen molar-refractivity contribution in [3.63, 3.8) is 0 Å². The Labute approximate surface area is 124 Å². The summed E-state index contributed by atoms with van der Waals surface area (Å²) in [4.78, 5) is 15.8. The summed E-state index contributed by atoms with van der Waals surface area (Å²) < 4.78 is 1.68. The molecule has 0 unspecified atom stereocenters. The molecule has 0 saturated carbocycles. The second kappa shape index (κ2) is 6.99. The smallest absolute Gasteiger partial charge is 0.237 e. The van der Waals surface area contributed by atoms with Crippen LogP contribution in [-0.4, -0.2) is 26.7 Å². The van der Waals surface area contributed by atoms with Gasteiger partial charge in [-0.2, -0.15) is 5.10 Å². The van der Waals surface area contributed by atoms with Gasteiger partial charge < -0.3 is 11.1 Å². The summed E-state index contributed by atoms with van der Waals surface area (Å²) in [6, 6.07) is 7.32. The van der Waals surface area contributed by atoms with Gasteiger partial charge in [0.15, 0.2) is 0 Å². The lowest BCUT2D eigenvalue weighted by Crippen LogP contribution is -2.41. The molecule has 0 radical (unpaired) electrons. The maximum atomic E-state index is 11.9. The third-order valence-corrected chi connectivity index (χ3v) is 3.12. The molecule has 0 aliphatic heterocycles. The lowest BCUT2D eigenvalue weighted by atomic mass is 10.0. The van der Waals surface area contributed by atoms with E-state index in [-0.39, 0.29) is 5.91 Å². The van der Waals surface area contributed by atoms with E-state index in [2.05, 4.69) is 29.2 Å². The molecule has 6 nitrogen and oxygen atoms in total. The third-order valence-electron chi connectivity index (χ3n) is 3.12. The van der Waals surface area contributed by atoms with Crippen molar-refractivity contribution in [1.29, 1.82) is 0 Å². The number of rotatable bonds is 6. The first-order valence-corrected chi connectivity index (χ1v) is 7.03. The lowest BCUT2D eigenvalue weighted by molar-refractivity contribution is -0.122. The summed E-state index contributed by atoms with van der Waals surface area (Å²) in [5.41, 5.74) is 7.76. The van der Waals surface area contributed by atoms with E-state index < -0.39 is 6.04 Å². The average Bonchev–Trinajstić information content (AvgIpc) is 2.98. The van der Waals surface area contributed by atoms with Gasteiger partial charge in [-0.05, 0) is 30.0 Å². The van der Waals surface area contributed by atoms with Crippen LogP contribution in [0.4, 0.5) is 0 Å². The molecule has 0 saturated heterocycles. The topological polar surface area (TPSA) is 85.8 Å². The van der Waals surface area contributed by atoms with E-state index in [1.54, 1.807) is 11.0 Å². The summed E-state index contributed by atoms with van der Waals surface area (Å²) in [7, 11) is 0. The monoisotopic (exact) mass is 287 g/mol. The summed E-state index contributed by atoms with van der Waals surface area (Å²) in [5, 5.41) is 6.95. The molecule has 2 rings (SSSR count). The Morgan fingerprint density at radius 1 is 1.43 bits per heavy atom. The molecule has 1 atom stereocenters. The van der Waals surface area contributed by atoms with Gasteiger partial charge in [0.25, 0.3) is 0 Å². The average molecular weight is 287 g/mol. The summed E-state index contributed by atoms with van der Waals surface area (Å²) >= 11 is 0. The molecule has 6 heteroatoms. The highest BCUT2D eigenvalue weighted by molar-refractivity contribution is 5.81. The predicted molar refractivity (Wildman–Crippen MR) is 80.6 cm³/mol. The van der Waals surface area contributed by atoms with E-state index in [0.29, 0.717) is 18.9 Å². The first-order chi connectivity index (χ1) is 10.1. The van der Waals surface area contributed by atoms with E-state index in [1.165, 1.54) is 6.33 Å². The number of hydrogen-bond acceptors (Lipinski definition) is 4. The van der Waals surface area contributed by atoms with Crippen molar-refractivity contribution in [1.82, 2.24) is 20.1 Å². The van der Waals surface area contributed by atoms with E-state index in [9.17, 15) is 4.79 Å². The Hall–Kier alpha value is -2.21. The molecule has 0 fully saturated rings. The summed E-state index contributed by atoms with van der Waals surface area (Å²) in [6.45, 7) is 4.55. The van der Waals surface area contributed by atoms with Gasteiger partial charge in [-0.25, -0.2) is 9.67 Å². The first-order valence-electron chi connectivity index (χ1n) is 7.03. The highest BCUT2D eigenvalue weighted by Crippen LogP contribution is 2.09. The Balaban J connectivity index is 1.95. The predicted octanol–water partition coefficient (Wildman–Crippen LogP) is 1.26. The first kappa shape index (κ1) is 15.2. The van der Waals surface area contributed by atoms with Gasteiger partial charge in [0.2, 0.25) is 5.91 Å². The van der Waals surface area contributed by atoms with Gasteiger partial charge in [-0.1, -0.05) is 26.0 Å². The van der Waals surface area contributed by atoms with Crippen LogP contribution in [0.15, 0.2) is 36.9 Å². The quantitative estimate of drug-likeness (QED) is 0.837. The minimum atomic E-state index is -0.455. The molecule has 0 bridgehead atoms. The summed E-state index contributed by atoms with van der Waals surface area (Å²) in [6.07, 6.45) is 3.81. The molecule has 112 valence electrons.